The molecule has 1 aromatic rings. The number of carbonyl (C=O) groups excluding carboxylic acids is 2. The van der Waals surface area contributed by atoms with Gasteiger partial charge < -0.3 is 4.74 Å². The molecule has 74 valence electrons. The lowest BCUT2D eigenvalue weighted by Gasteiger charge is -2.24. The number of esters is 1. The molecule has 1 aromatic carbocycles. The monoisotopic (exact) mass is 201 g/mol. The summed E-state index contributed by atoms with van der Waals surface area (Å²) in [4.78, 5) is 24.3. The summed E-state index contributed by atoms with van der Waals surface area (Å²) in [7, 11) is 0. The highest BCUT2D eigenvalue weighted by Gasteiger charge is 2.39. The van der Waals surface area contributed by atoms with Crippen LogP contribution in [0.3, 0.4) is 0 Å². The van der Waals surface area contributed by atoms with Gasteiger partial charge in [0, 0.05) is 23.4 Å². The highest BCUT2D eigenvalue weighted by Crippen LogP contribution is 2.36. The molecule has 0 aliphatic carbocycles. The van der Waals surface area contributed by atoms with Crippen LogP contribution in [0, 0.1) is 0 Å². The average molecular weight is 201 g/mol. The predicted octanol–water partition coefficient (Wildman–Crippen LogP) is 1.21. The average Bonchev–Trinajstić information content (AvgIpc) is 2.54. The van der Waals surface area contributed by atoms with Crippen molar-refractivity contribution in [2.75, 3.05) is 0 Å². The highest BCUT2D eigenvalue weighted by atomic mass is 16.6. The largest absolute Gasteiger partial charge is 0.433 e. The second kappa shape index (κ2) is 2.70. The fourth-order valence-corrected chi connectivity index (χ4v) is 1.86. The number of hydrogen-bond acceptors (Lipinski definition) is 3. The van der Waals surface area contributed by atoms with Crippen molar-refractivity contribution in [3.8, 4) is 0 Å². The standard InChI is InChI=1S/C11H7NO3/c13-9-5-6-12-10(14)7-3-1-2-4-8(7)11(12)15-9/h1-6,11H/t11-/m1/s1. The minimum atomic E-state index is -0.578. The summed E-state index contributed by atoms with van der Waals surface area (Å²) < 4.78 is 5.09. The van der Waals surface area contributed by atoms with Gasteiger partial charge in [0.25, 0.3) is 5.91 Å². The Morgan fingerprint density at radius 1 is 1.20 bits per heavy atom. The molecule has 2 aliphatic rings. The van der Waals surface area contributed by atoms with E-state index in [1.54, 1.807) is 18.2 Å². The van der Waals surface area contributed by atoms with Gasteiger partial charge in [-0.2, -0.15) is 0 Å². The van der Waals surface area contributed by atoms with Crippen molar-refractivity contribution >= 4 is 11.9 Å². The molecule has 0 fully saturated rings. The molecule has 0 saturated heterocycles. The van der Waals surface area contributed by atoms with Crippen molar-refractivity contribution in [1.82, 2.24) is 4.90 Å². The highest BCUT2D eigenvalue weighted by molar-refractivity contribution is 6.01. The zero-order valence-electron chi connectivity index (χ0n) is 7.71. The van der Waals surface area contributed by atoms with E-state index < -0.39 is 12.2 Å². The van der Waals surface area contributed by atoms with E-state index in [0.29, 0.717) is 5.56 Å². The van der Waals surface area contributed by atoms with E-state index in [-0.39, 0.29) is 5.91 Å². The molecular weight excluding hydrogens is 194 g/mol. The fraction of sp³-hybridized carbons (Fsp3) is 0.0909. The van der Waals surface area contributed by atoms with E-state index >= 15 is 0 Å². The molecule has 2 heterocycles. The number of hydrogen-bond donors (Lipinski definition) is 0. The number of nitrogens with zero attached hydrogens (tertiary/aromatic N) is 1. The van der Waals surface area contributed by atoms with E-state index in [9.17, 15) is 9.59 Å². The molecule has 3 rings (SSSR count). The Morgan fingerprint density at radius 3 is 2.87 bits per heavy atom. The number of amides is 1. The van der Waals surface area contributed by atoms with Gasteiger partial charge in [0.15, 0.2) is 0 Å². The lowest BCUT2D eigenvalue weighted by Crippen LogP contribution is -2.29. The van der Waals surface area contributed by atoms with Crippen molar-refractivity contribution in [2.45, 2.75) is 6.23 Å². The van der Waals surface area contributed by atoms with Crippen LogP contribution in [-0.4, -0.2) is 16.8 Å². The number of rotatable bonds is 0. The Morgan fingerprint density at radius 2 is 2.00 bits per heavy atom. The SMILES string of the molecule is O=C1C=CN2C(=O)c3ccccc3[C@H]2O1. The number of fused-ring (bicyclic) bond motifs is 3. The van der Waals surface area contributed by atoms with Crippen LogP contribution in [0.25, 0.3) is 0 Å². The molecule has 0 N–H and O–H groups in total. The zero-order chi connectivity index (χ0) is 10.4. The first-order valence-corrected chi connectivity index (χ1v) is 4.58. The molecule has 0 unspecified atom stereocenters. The molecule has 2 aliphatic heterocycles. The number of carbonyl (C=O) groups is 2. The van der Waals surface area contributed by atoms with Crippen LogP contribution >= 0.6 is 0 Å². The fourth-order valence-electron chi connectivity index (χ4n) is 1.86. The molecule has 4 heteroatoms. The van der Waals surface area contributed by atoms with Gasteiger partial charge in [0.1, 0.15) is 0 Å². The minimum Gasteiger partial charge on any atom is -0.433 e. The Hall–Kier alpha value is -2.10. The summed E-state index contributed by atoms with van der Waals surface area (Å²) >= 11 is 0. The molecule has 0 saturated carbocycles. The van der Waals surface area contributed by atoms with Crippen molar-refractivity contribution < 1.29 is 14.3 Å². The summed E-state index contributed by atoms with van der Waals surface area (Å²) in [5, 5.41) is 0. The van der Waals surface area contributed by atoms with Gasteiger partial charge in [-0.3, -0.25) is 9.69 Å². The van der Waals surface area contributed by atoms with Crippen molar-refractivity contribution in [1.29, 1.82) is 0 Å². The van der Waals surface area contributed by atoms with Crippen LogP contribution < -0.4 is 0 Å². The number of ether oxygens (including phenoxy) is 1. The van der Waals surface area contributed by atoms with Crippen LogP contribution in [0.4, 0.5) is 0 Å². The Labute approximate surface area is 85.8 Å². The molecule has 0 aromatic heterocycles. The van der Waals surface area contributed by atoms with Crippen LogP contribution in [0.1, 0.15) is 22.1 Å². The van der Waals surface area contributed by atoms with Gasteiger partial charge in [-0.05, 0) is 6.07 Å². The third-order valence-corrected chi connectivity index (χ3v) is 2.54. The van der Waals surface area contributed by atoms with Gasteiger partial charge >= 0.3 is 5.97 Å². The van der Waals surface area contributed by atoms with E-state index in [1.165, 1.54) is 17.2 Å². The minimum absolute atomic E-state index is 0.126. The van der Waals surface area contributed by atoms with Gasteiger partial charge in [0.05, 0.1) is 0 Å². The lowest BCUT2D eigenvalue weighted by molar-refractivity contribution is -0.151. The molecule has 15 heavy (non-hydrogen) atoms. The number of benzene rings is 1. The summed E-state index contributed by atoms with van der Waals surface area (Å²) in [5.74, 6) is -0.542. The molecule has 1 atom stereocenters. The van der Waals surface area contributed by atoms with Gasteiger partial charge in [-0.15, -0.1) is 0 Å². The topological polar surface area (TPSA) is 46.6 Å². The summed E-state index contributed by atoms with van der Waals surface area (Å²) in [6, 6.07) is 7.14. The third-order valence-electron chi connectivity index (χ3n) is 2.54. The van der Waals surface area contributed by atoms with Crippen LogP contribution in [0.2, 0.25) is 0 Å². The first kappa shape index (κ1) is 8.23. The molecule has 0 radical (unpaired) electrons. The predicted molar refractivity (Wildman–Crippen MR) is 50.6 cm³/mol. The quantitative estimate of drug-likeness (QED) is 0.593. The van der Waals surface area contributed by atoms with E-state index in [0.717, 1.165) is 5.56 Å². The second-order valence-corrected chi connectivity index (χ2v) is 3.40. The molecule has 0 bridgehead atoms. The normalized spacial score (nSPS) is 22.4. The van der Waals surface area contributed by atoms with E-state index in [1.807, 2.05) is 6.07 Å². The van der Waals surface area contributed by atoms with Crippen LogP contribution in [0.15, 0.2) is 36.5 Å². The van der Waals surface area contributed by atoms with E-state index in [2.05, 4.69) is 0 Å². The zero-order valence-corrected chi connectivity index (χ0v) is 7.71. The first-order chi connectivity index (χ1) is 7.27. The molecule has 4 nitrogen and oxygen atoms in total. The second-order valence-electron chi connectivity index (χ2n) is 3.40. The summed E-state index contributed by atoms with van der Waals surface area (Å²) in [6.07, 6.45) is 2.14. The van der Waals surface area contributed by atoms with Gasteiger partial charge in [-0.25, -0.2) is 4.79 Å². The van der Waals surface area contributed by atoms with E-state index in [4.69, 9.17) is 4.74 Å². The Bertz CT molecular complexity index is 492. The molecular formula is C11H7NO3. The van der Waals surface area contributed by atoms with Gasteiger partial charge in [-0.1, -0.05) is 18.2 Å². The van der Waals surface area contributed by atoms with Crippen LogP contribution in [-0.2, 0) is 9.53 Å². The molecule has 1 amide bonds. The smallest absolute Gasteiger partial charge is 0.334 e. The maximum absolute atomic E-state index is 11.8. The van der Waals surface area contributed by atoms with Crippen molar-refractivity contribution in [2.24, 2.45) is 0 Å². The Kier molecular flexibility index (Phi) is 1.48. The van der Waals surface area contributed by atoms with Crippen molar-refractivity contribution in [3.05, 3.63) is 47.7 Å². The summed E-state index contributed by atoms with van der Waals surface area (Å²) in [6.45, 7) is 0. The van der Waals surface area contributed by atoms with Gasteiger partial charge in [0.2, 0.25) is 6.23 Å². The van der Waals surface area contributed by atoms with Crippen molar-refractivity contribution in [3.63, 3.8) is 0 Å². The lowest BCUT2D eigenvalue weighted by atomic mass is 10.1. The maximum atomic E-state index is 11.8. The molecule has 0 spiro atoms. The Balaban J connectivity index is 2.17. The maximum Gasteiger partial charge on any atom is 0.334 e. The first-order valence-electron chi connectivity index (χ1n) is 4.58. The summed E-state index contributed by atoms with van der Waals surface area (Å²) in [5.41, 5.74) is 1.35. The third kappa shape index (κ3) is 1.01. The van der Waals surface area contributed by atoms with Crippen LogP contribution in [0.5, 0.6) is 0 Å².